The highest BCUT2D eigenvalue weighted by Crippen LogP contribution is 2.27. The Morgan fingerprint density at radius 1 is 0.906 bits per heavy atom. The van der Waals surface area contributed by atoms with E-state index in [-0.39, 0.29) is 11.7 Å². The number of piperazine rings is 1. The Kier molecular flexibility index (Phi) is 5.75. The number of amides is 1. The minimum atomic E-state index is -3.35. The second kappa shape index (κ2) is 8.69. The van der Waals surface area contributed by atoms with E-state index in [1.54, 1.807) is 4.31 Å². The second-order valence-corrected chi connectivity index (χ2v) is 10.6. The maximum absolute atomic E-state index is 13.0. The van der Waals surface area contributed by atoms with Gasteiger partial charge in [0.25, 0.3) is 0 Å². The molecule has 0 spiro atoms. The van der Waals surface area contributed by atoms with E-state index < -0.39 is 10.0 Å². The molecule has 0 radical (unpaired) electrons. The maximum Gasteiger partial charge on any atom is 0.237 e. The van der Waals surface area contributed by atoms with Gasteiger partial charge in [-0.05, 0) is 11.6 Å². The lowest BCUT2D eigenvalue weighted by atomic mass is 10.0. The molecule has 7 nitrogen and oxygen atoms in total. The predicted molar refractivity (Wildman–Crippen MR) is 124 cm³/mol. The Morgan fingerprint density at radius 3 is 2.41 bits per heavy atom. The molecule has 1 amide bonds. The normalized spacial score (nSPS) is 18.1. The molecule has 0 saturated carbocycles. The molecule has 32 heavy (non-hydrogen) atoms. The fourth-order valence-electron chi connectivity index (χ4n) is 4.71. The highest BCUT2D eigenvalue weighted by molar-refractivity contribution is 7.88. The largest absolute Gasteiger partial charge is 0.358 e. The molecular formula is C24H28N4O3S. The number of nitrogens with zero attached hydrogens (tertiary/aromatic N) is 3. The molecule has 5 rings (SSSR count). The molecule has 0 atom stereocenters. The Balaban J connectivity index is 1.16. The summed E-state index contributed by atoms with van der Waals surface area (Å²) in [7, 11) is -3.35. The third-order valence-electron chi connectivity index (χ3n) is 6.51. The van der Waals surface area contributed by atoms with E-state index in [2.05, 4.69) is 22.0 Å². The summed E-state index contributed by atoms with van der Waals surface area (Å²) in [5, 5.41) is 1.19. The number of nitrogens with one attached hydrogen (secondary N) is 1. The molecule has 2 aliphatic rings. The number of H-pyrrole nitrogens is 1. The SMILES string of the molecule is O=C(CN1CCN(S(=O)(=O)Cc2ccccc2)CC1)N1CCc2[nH]c3ccccc3c2C1. The van der Waals surface area contributed by atoms with Crippen LogP contribution in [0.4, 0.5) is 0 Å². The number of carbonyl (C=O) groups excluding carboxylic acids is 1. The number of aromatic amines is 1. The Hall–Kier alpha value is -2.68. The van der Waals surface area contributed by atoms with Gasteiger partial charge in [0.1, 0.15) is 0 Å². The average Bonchev–Trinajstić information content (AvgIpc) is 3.18. The summed E-state index contributed by atoms with van der Waals surface area (Å²) in [5.74, 6) is 0.134. The highest BCUT2D eigenvalue weighted by atomic mass is 32.2. The molecule has 3 heterocycles. The molecule has 8 heteroatoms. The van der Waals surface area contributed by atoms with Gasteiger partial charge in [-0.1, -0.05) is 48.5 Å². The van der Waals surface area contributed by atoms with Gasteiger partial charge < -0.3 is 9.88 Å². The minimum Gasteiger partial charge on any atom is -0.358 e. The molecule has 2 aromatic carbocycles. The number of hydrogen-bond acceptors (Lipinski definition) is 4. The van der Waals surface area contributed by atoms with Gasteiger partial charge in [0, 0.05) is 67.8 Å². The van der Waals surface area contributed by atoms with Crippen molar-refractivity contribution in [3.05, 3.63) is 71.4 Å². The van der Waals surface area contributed by atoms with Crippen LogP contribution in [0.25, 0.3) is 10.9 Å². The van der Waals surface area contributed by atoms with E-state index in [1.165, 1.54) is 16.6 Å². The Bertz CT molecular complexity index is 1210. The number of hydrogen-bond donors (Lipinski definition) is 1. The lowest BCUT2D eigenvalue weighted by Crippen LogP contribution is -2.52. The van der Waals surface area contributed by atoms with Crippen molar-refractivity contribution >= 4 is 26.8 Å². The van der Waals surface area contributed by atoms with Crippen LogP contribution in [0.5, 0.6) is 0 Å². The van der Waals surface area contributed by atoms with Crippen molar-refractivity contribution in [2.24, 2.45) is 0 Å². The van der Waals surface area contributed by atoms with Crippen LogP contribution < -0.4 is 0 Å². The van der Waals surface area contributed by atoms with Crippen LogP contribution in [0, 0.1) is 0 Å². The molecule has 0 unspecified atom stereocenters. The first kappa shape index (κ1) is 21.2. The van der Waals surface area contributed by atoms with E-state index in [1.807, 2.05) is 47.4 Å². The number of rotatable bonds is 5. The summed E-state index contributed by atoms with van der Waals surface area (Å²) in [6.45, 7) is 3.68. The smallest absolute Gasteiger partial charge is 0.237 e. The van der Waals surface area contributed by atoms with Gasteiger partial charge in [-0.25, -0.2) is 8.42 Å². The van der Waals surface area contributed by atoms with Gasteiger partial charge in [-0.2, -0.15) is 4.31 Å². The zero-order valence-corrected chi connectivity index (χ0v) is 18.9. The molecule has 1 saturated heterocycles. The minimum absolute atomic E-state index is 0.0213. The first-order valence-corrected chi connectivity index (χ1v) is 12.7. The van der Waals surface area contributed by atoms with Crippen LogP contribution in [-0.4, -0.2) is 72.7 Å². The van der Waals surface area contributed by atoms with Crippen molar-refractivity contribution in [3.63, 3.8) is 0 Å². The van der Waals surface area contributed by atoms with Crippen molar-refractivity contribution in [3.8, 4) is 0 Å². The summed E-state index contributed by atoms with van der Waals surface area (Å²) < 4.78 is 27.1. The molecule has 2 aliphatic heterocycles. The summed E-state index contributed by atoms with van der Waals surface area (Å²) in [6.07, 6.45) is 0.835. The number of sulfonamides is 1. The van der Waals surface area contributed by atoms with Crippen molar-refractivity contribution in [1.82, 2.24) is 19.1 Å². The van der Waals surface area contributed by atoms with Crippen molar-refractivity contribution in [2.75, 3.05) is 39.3 Å². The van der Waals surface area contributed by atoms with Crippen LogP contribution in [-0.2, 0) is 33.5 Å². The van der Waals surface area contributed by atoms with Crippen LogP contribution in [0.2, 0.25) is 0 Å². The van der Waals surface area contributed by atoms with Crippen LogP contribution in [0.15, 0.2) is 54.6 Å². The van der Waals surface area contributed by atoms with Crippen LogP contribution in [0.3, 0.4) is 0 Å². The van der Waals surface area contributed by atoms with Gasteiger partial charge >= 0.3 is 0 Å². The molecule has 1 aromatic heterocycles. The number of para-hydroxylation sites is 1. The number of fused-ring (bicyclic) bond motifs is 3. The maximum atomic E-state index is 13.0. The quantitative estimate of drug-likeness (QED) is 0.644. The van der Waals surface area contributed by atoms with Gasteiger partial charge in [-0.3, -0.25) is 9.69 Å². The predicted octanol–water partition coefficient (Wildman–Crippen LogP) is 2.20. The lowest BCUT2D eigenvalue weighted by Gasteiger charge is -2.35. The average molecular weight is 453 g/mol. The van der Waals surface area contributed by atoms with Crippen molar-refractivity contribution in [1.29, 1.82) is 0 Å². The summed E-state index contributed by atoms with van der Waals surface area (Å²) in [5.41, 5.74) is 4.37. The first-order valence-electron chi connectivity index (χ1n) is 11.1. The van der Waals surface area contributed by atoms with E-state index >= 15 is 0 Å². The molecule has 1 N–H and O–H groups in total. The molecule has 1 fully saturated rings. The fourth-order valence-corrected chi connectivity index (χ4v) is 6.23. The number of benzene rings is 2. The number of carbonyl (C=O) groups is 1. The second-order valence-electron chi connectivity index (χ2n) is 8.61. The van der Waals surface area contributed by atoms with Crippen LogP contribution in [0.1, 0.15) is 16.8 Å². The topological polar surface area (TPSA) is 76.7 Å². The molecule has 3 aromatic rings. The van der Waals surface area contributed by atoms with E-state index in [0.717, 1.165) is 17.5 Å². The van der Waals surface area contributed by atoms with Gasteiger partial charge in [0.2, 0.25) is 15.9 Å². The van der Waals surface area contributed by atoms with Crippen LogP contribution >= 0.6 is 0 Å². The molecule has 0 aliphatic carbocycles. The van der Waals surface area contributed by atoms with E-state index in [9.17, 15) is 13.2 Å². The third kappa shape index (κ3) is 4.30. The van der Waals surface area contributed by atoms with Crippen molar-refractivity contribution in [2.45, 2.75) is 18.7 Å². The van der Waals surface area contributed by atoms with Crippen molar-refractivity contribution < 1.29 is 13.2 Å². The summed E-state index contributed by atoms with van der Waals surface area (Å²) in [4.78, 5) is 20.5. The van der Waals surface area contributed by atoms with E-state index in [0.29, 0.717) is 45.8 Å². The lowest BCUT2D eigenvalue weighted by molar-refractivity contribution is -0.133. The summed E-state index contributed by atoms with van der Waals surface area (Å²) >= 11 is 0. The van der Waals surface area contributed by atoms with Gasteiger partial charge in [-0.15, -0.1) is 0 Å². The molecule has 168 valence electrons. The van der Waals surface area contributed by atoms with Gasteiger partial charge in [0.15, 0.2) is 0 Å². The zero-order valence-electron chi connectivity index (χ0n) is 18.0. The monoisotopic (exact) mass is 452 g/mol. The van der Waals surface area contributed by atoms with Gasteiger partial charge in [0.05, 0.1) is 12.3 Å². The fraction of sp³-hybridized carbons (Fsp3) is 0.375. The Labute approximate surface area is 188 Å². The summed E-state index contributed by atoms with van der Waals surface area (Å²) in [6, 6.07) is 17.5. The van der Waals surface area contributed by atoms with E-state index in [4.69, 9.17) is 0 Å². The Morgan fingerprint density at radius 2 is 1.62 bits per heavy atom. The zero-order chi connectivity index (χ0) is 22.1. The third-order valence-corrected chi connectivity index (χ3v) is 8.36. The first-order chi connectivity index (χ1) is 15.5. The molecular weight excluding hydrogens is 424 g/mol. The molecule has 0 bridgehead atoms. The highest BCUT2D eigenvalue weighted by Gasteiger charge is 2.30. The standard InChI is InChI=1S/C24H28N4O3S/c29-24(27-11-10-23-21(16-27)20-8-4-5-9-22(20)25-23)17-26-12-14-28(15-13-26)32(30,31)18-19-6-2-1-3-7-19/h1-9,25H,10-18H2. The number of aromatic nitrogens is 1.